The number of benzene rings is 1. The summed E-state index contributed by atoms with van der Waals surface area (Å²) in [4.78, 5) is 0. The Morgan fingerprint density at radius 1 is 1.33 bits per heavy atom. The molecule has 0 aliphatic carbocycles. The molecule has 1 unspecified atom stereocenters. The van der Waals surface area contributed by atoms with E-state index in [2.05, 4.69) is 11.2 Å². The SMILES string of the molecule is O=S([O-])(=S)Cc1ccccc1.[Li+]. The van der Waals surface area contributed by atoms with Crippen LogP contribution in [0, 0.1) is 0 Å². The Hall–Kier alpha value is 0.147. The molecule has 1 rings (SSSR count). The zero-order valence-electron chi connectivity index (χ0n) is 6.73. The van der Waals surface area contributed by atoms with Crippen LogP contribution in [0.5, 0.6) is 0 Å². The molecule has 0 N–H and O–H groups in total. The zero-order valence-corrected chi connectivity index (χ0v) is 8.36. The molecule has 5 heteroatoms. The minimum atomic E-state index is -3.29. The van der Waals surface area contributed by atoms with Gasteiger partial charge in [-0.1, -0.05) is 30.3 Å². The Labute approximate surface area is 89.0 Å². The first-order valence-electron chi connectivity index (χ1n) is 3.05. The van der Waals surface area contributed by atoms with Gasteiger partial charge < -0.3 is 4.55 Å². The molecule has 0 spiro atoms. The summed E-state index contributed by atoms with van der Waals surface area (Å²) in [5.41, 5.74) is 0.738. The van der Waals surface area contributed by atoms with E-state index in [0.29, 0.717) is 0 Å². The molecule has 0 aliphatic rings. The van der Waals surface area contributed by atoms with Gasteiger partial charge >= 0.3 is 18.9 Å². The minimum absolute atomic E-state index is 0. The standard InChI is InChI=1S/C7H8O2S2.Li/c8-11(9,10)6-7-4-2-1-3-5-7;/h1-5H,6H2,(H,8,9,10);/q;+1/p-1. The maximum Gasteiger partial charge on any atom is 1.00 e. The van der Waals surface area contributed by atoms with E-state index in [-0.39, 0.29) is 24.6 Å². The predicted octanol–water partition coefficient (Wildman–Crippen LogP) is -1.93. The van der Waals surface area contributed by atoms with Crippen molar-refractivity contribution in [2.24, 2.45) is 0 Å². The van der Waals surface area contributed by atoms with E-state index in [0.717, 1.165) is 5.56 Å². The summed E-state index contributed by atoms with van der Waals surface area (Å²) in [5, 5.41) is 0. The Bertz CT molecular complexity index is 321. The van der Waals surface area contributed by atoms with Crippen molar-refractivity contribution >= 4 is 20.0 Å². The smallest absolute Gasteiger partial charge is 0.769 e. The summed E-state index contributed by atoms with van der Waals surface area (Å²) in [7, 11) is -3.29. The fourth-order valence-corrected chi connectivity index (χ4v) is 1.79. The van der Waals surface area contributed by atoms with Gasteiger partial charge in [-0.25, -0.2) is 0 Å². The van der Waals surface area contributed by atoms with Gasteiger partial charge in [-0.2, -0.15) is 0 Å². The molecular formula is C7H7LiO2S2. The molecule has 0 amide bonds. The molecule has 0 radical (unpaired) electrons. The largest absolute Gasteiger partial charge is 1.00 e. The Morgan fingerprint density at radius 2 is 1.83 bits per heavy atom. The van der Waals surface area contributed by atoms with Crippen LogP contribution >= 0.6 is 0 Å². The van der Waals surface area contributed by atoms with Crippen molar-refractivity contribution in [2.45, 2.75) is 5.75 Å². The van der Waals surface area contributed by atoms with Crippen molar-refractivity contribution in [3.8, 4) is 0 Å². The second-order valence-corrected chi connectivity index (χ2v) is 5.12. The molecule has 0 saturated carbocycles. The molecule has 2 nitrogen and oxygen atoms in total. The van der Waals surface area contributed by atoms with E-state index in [9.17, 15) is 8.76 Å². The Morgan fingerprint density at radius 3 is 2.25 bits per heavy atom. The first kappa shape index (κ1) is 12.1. The Kier molecular flexibility index (Phi) is 5.06. The fourth-order valence-electron chi connectivity index (χ4n) is 0.778. The molecule has 1 atom stereocenters. The average Bonchev–Trinajstić information content (AvgIpc) is 1.85. The van der Waals surface area contributed by atoms with Gasteiger partial charge in [-0.15, -0.1) is 0 Å². The quantitative estimate of drug-likeness (QED) is 0.515. The molecule has 0 saturated heterocycles. The number of hydrogen-bond donors (Lipinski definition) is 0. The molecule has 0 heterocycles. The van der Waals surface area contributed by atoms with Gasteiger partial charge in [0.25, 0.3) is 0 Å². The topological polar surface area (TPSA) is 40.1 Å². The second-order valence-electron chi connectivity index (χ2n) is 2.19. The van der Waals surface area contributed by atoms with Crippen LogP contribution in [-0.2, 0) is 25.7 Å². The van der Waals surface area contributed by atoms with Gasteiger partial charge in [0.15, 0.2) is 0 Å². The van der Waals surface area contributed by atoms with Gasteiger partial charge in [0, 0.05) is 5.75 Å². The third-order valence-corrected chi connectivity index (χ3v) is 2.23. The van der Waals surface area contributed by atoms with E-state index < -0.39 is 8.77 Å². The van der Waals surface area contributed by atoms with Crippen molar-refractivity contribution in [2.75, 3.05) is 0 Å². The van der Waals surface area contributed by atoms with Crippen molar-refractivity contribution in [1.82, 2.24) is 0 Å². The first-order chi connectivity index (χ1) is 5.08. The van der Waals surface area contributed by atoms with Crippen molar-refractivity contribution in [1.29, 1.82) is 0 Å². The van der Waals surface area contributed by atoms with Crippen LogP contribution in [0.3, 0.4) is 0 Å². The molecule has 0 fully saturated rings. The van der Waals surface area contributed by atoms with E-state index in [1.54, 1.807) is 24.3 Å². The van der Waals surface area contributed by atoms with Crippen LogP contribution in [0.4, 0.5) is 0 Å². The van der Waals surface area contributed by atoms with Gasteiger partial charge in [0.05, 0.1) is 0 Å². The monoisotopic (exact) mass is 194 g/mol. The van der Waals surface area contributed by atoms with Crippen molar-refractivity contribution < 1.29 is 27.6 Å². The molecule has 12 heavy (non-hydrogen) atoms. The summed E-state index contributed by atoms with van der Waals surface area (Å²) in [6, 6.07) is 8.89. The van der Waals surface area contributed by atoms with Crippen LogP contribution in [0.25, 0.3) is 0 Å². The normalized spacial score (nSPS) is 14.4. The zero-order chi connectivity index (χ0) is 8.32. The van der Waals surface area contributed by atoms with Crippen LogP contribution in [0.1, 0.15) is 5.56 Å². The summed E-state index contributed by atoms with van der Waals surface area (Å²) < 4.78 is 21.2. The third kappa shape index (κ3) is 4.91. The van der Waals surface area contributed by atoms with E-state index in [1.165, 1.54) is 0 Å². The van der Waals surface area contributed by atoms with Crippen molar-refractivity contribution in [3.05, 3.63) is 35.9 Å². The molecule has 1 aromatic rings. The number of rotatable bonds is 2. The minimum Gasteiger partial charge on any atom is -0.769 e. The maximum atomic E-state index is 10.6. The molecule has 60 valence electrons. The van der Waals surface area contributed by atoms with Crippen LogP contribution < -0.4 is 18.9 Å². The van der Waals surface area contributed by atoms with E-state index in [4.69, 9.17) is 0 Å². The average molecular weight is 194 g/mol. The van der Waals surface area contributed by atoms with Gasteiger partial charge in [-0.05, 0) is 25.5 Å². The second kappa shape index (κ2) is 5.00. The van der Waals surface area contributed by atoms with Gasteiger partial charge in [0.2, 0.25) is 0 Å². The fraction of sp³-hybridized carbons (Fsp3) is 0.143. The van der Waals surface area contributed by atoms with Gasteiger partial charge in [-0.3, -0.25) is 4.21 Å². The number of hydrogen-bond acceptors (Lipinski definition) is 3. The predicted molar refractivity (Wildman–Crippen MR) is 46.4 cm³/mol. The Balaban J connectivity index is 0.00000121. The van der Waals surface area contributed by atoms with E-state index in [1.807, 2.05) is 6.07 Å². The van der Waals surface area contributed by atoms with Gasteiger partial charge in [0.1, 0.15) is 0 Å². The van der Waals surface area contributed by atoms with Crippen LogP contribution in [0.2, 0.25) is 0 Å². The maximum absolute atomic E-state index is 10.6. The van der Waals surface area contributed by atoms with Crippen molar-refractivity contribution in [3.63, 3.8) is 0 Å². The summed E-state index contributed by atoms with van der Waals surface area (Å²) >= 11 is 4.24. The molecule has 0 bridgehead atoms. The molecule has 0 aromatic heterocycles. The van der Waals surface area contributed by atoms with Crippen LogP contribution in [0.15, 0.2) is 30.3 Å². The molecular weight excluding hydrogens is 187 g/mol. The first-order valence-corrected chi connectivity index (χ1v) is 5.63. The summed E-state index contributed by atoms with van der Waals surface area (Å²) in [6.07, 6.45) is 0. The summed E-state index contributed by atoms with van der Waals surface area (Å²) in [5.74, 6) is -0.0524. The van der Waals surface area contributed by atoms with Crippen LogP contribution in [-0.4, -0.2) is 8.76 Å². The van der Waals surface area contributed by atoms with E-state index >= 15 is 0 Å². The molecule has 1 aromatic carbocycles. The summed E-state index contributed by atoms with van der Waals surface area (Å²) in [6.45, 7) is 0. The molecule has 0 aliphatic heterocycles. The third-order valence-electron chi connectivity index (χ3n) is 1.19.